The van der Waals surface area contributed by atoms with Crippen molar-refractivity contribution in [1.29, 1.82) is 0 Å². The molecule has 14 heavy (non-hydrogen) atoms. The van der Waals surface area contributed by atoms with Gasteiger partial charge in [-0.15, -0.1) is 0 Å². The van der Waals surface area contributed by atoms with Gasteiger partial charge >= 0.3 is 0 Å². The molecule has 0 spiro atoms. The maximum Gasteiger partial charge on any atom is 0.0708 e. The molecule has 86 valence electrons. The molecule has 0 amide bonds. The predicted octanol–water partition coefficient (Wildman–Crippen LogP) is 3.25. The maximum atomic E-state index is 5.82. The highest BCUT2D eigenvalue weighted by Crippen LogP contribution is 2.32. The number of ether oxygens (including phenoxy) is 2. The molecule has 0 bridgehead atoms. The van der Waals surface area contributed by atoms with Crippen LogP contribution in [-0.4, -0.2) is 24.9 Å². The van der Waals surface area contributed by atoms with Gasteiger partial charge in [0.05, 0.1) is 24.9 Å². The second kappa shape index (κ2) is 5.13. The molecule has 0 saturated carbocycles. The molecule has 0 radical (unpaired) electrons. The minimum atomic E-state index is -0.104. The van der Waals surface area contributed by atoms with Crippen molar-refractivity contribution in [3.63, 3.8) is 0 Å². The van der Waals surface area contributed by atoms with Gasteiger partial charge in [0.15, 0.2) is 0 Å². The minimum absolute atomic E-state index is 0.104. The average Bonchev–Trinajstić information content (AvgIpc) is 1.95. The standard InChI is InChI=1S/C12H26O2/c1-10(2)13-8-9-14-12(6,7)11(3,4)5/h10H,8-9H2,1-7H3. The lowest BCUT2D eigenvalue weighted by molar-refractivity contribution is -0.109. The first-order valence-corrected chi connectivity index (χ1v) is 5.42. The van der Waals surface area contributed by atoms with Crippen LogP contribution in [0.5, 0.6) is 0 Å². The number of hydrogen-bond acceptors (Lipinski definition) is 2. The molecule has 0 aliphatic carbocycles. The smallest absolute Gasteiger partial charge is 0.0708 e. The molecular weight excluding hydrogens is 176 g/mol. The minimum Gasteiger partial charge on any atom is -0.376 e. The van der Waals surface area contributed by atoms with Gasteiger partial charge in [0.2, 0.25) is 0 Å². The van der Waals surface area contributed by atoms with Crippen molar-refractivity contribution in [2.24, 2.45) is 5.41 Å². The molecule has 2 heteroatoms. The Labute approximate surface area is 89.0 Å². The molecule has 2 nitrogen and oxygen atoms in total. The van der Waals surface area contributed by atoms with Gasteiger partial charge < -0.3 is 9.47 Å². The Morgan fingerprint density at radius 1 is 0.929 bits per heavy atom. The van der Waals surface area contributed by atoms with E-state index < -0.39 is 0 Å². The summed E-state index contributed by atoms with van der Waals surface area (Å²) in [7, 11) is 0. The summed E-state index contributed by atoms with van der Waals surface area (Å²) in [6.07, 6.45) is 0.288. The highest BCUT2D eigenvalue weighted by Gasteiger charge is 2.33. The zero-order valence-corrected chi connectivity index (χ0v) is 10.8. The molecule has 0 aromatic carbocycles. The van der Waals surface area contributed by atoms with Crippen LogP contribution in [0.1, 0.15) is 48.5 Å². The fourth-order valence-corrected chi connectivity index (χ4v) is 0.797. The lowest BCUT2D eigenvalue weighted by Gasteiger charge is -2.38. The van der Waals surface area contributed by atoms with Crippen molar-refractivity contribution in [1.82, 2.24) is 0 Å². The Bertz CT molecular complexity index is 154. The molecule has 0 aliphatic heterocycles. The quantitative estimate of drug-likeness (QED) is 0.637. The largest absolute Gasteiger partial charge is 0.376 e. The summed E-state index contributed by atoms with van der Waals surface area (Å²) in [6, 6.07) is 0. The van der Waals surface area contributed by atoms with Crippen LogP contribution in [0, 0.1) is 5.41 Å². The number of rotatable bonds is 5. The van der Waals surface area contributed by atoms with E-state index >= 15 is 0 Å². The van der Waals surface area contributed by atoms with Crippen molar-refractivity contribution in [3.8, 4) is 0 Å². The van der Waals surface area contributed by atoms with Gasteiger partial charge in [0.25, 0.3) is 0 Å². The van der Waals surface area contributed by atoms with Crippen LogP contribution in [0.15, 0.2) is 0 Å². The molecular formula is C12H26O2. The Kier molecular flexibility index (Phi) is 5.10. The molecule has 0 heterocycles. The van der Waals surface area contributed by atoms with Crippen molar-refractivity contribution in [3.05, 3.63) is 0 Å². The van der Waals surface area contributed by atoms with E-state index in [0.717, 1.165) is 0 Å². The summed E-state index contributed by atoms with van der Waals surface area (Å²) in [4.78, 5) is 0. The first kappa shape index (κ1) is 13.9. The molecule has 0 N–H and O–H groups in total. The molecule has 0 atom stereocenters. The van der Waals surface area contributed by atoms with Gasteiger partial charge in [-0.1, -0.05) is 20.8 Å². The predicted molar refractivity (Wildman–Crippen MR) is 60.6 cm³/mol. The summed E-state index contributed by atoms with van der Waals surface area (Å²) >= 11 is 0. The third kappa shape index (κ3) is 4.97. The molecule has 0 fully saturated rings. The van der Waals surface area contributed by atoms with Gasteiger partial charge in [-0.25, -0.2) is 0 Å². The van der Waals surface area contributed by atoms with E-state index in [2.05, 4.69) is 34.6 Å². The summed E-state index contributed by atoms with van der Waals surface area (Å²) in [6.45, 7) is 16.2. The van der Waals surface area contributed by atoms with Crippen LogP contribution >= 0.6 is 0 Å². The Balaban J connectivity index is 3.78. The first-order valence-electron chi connectivity index (χ1n) is 5.42. The lowest BCUT2D eigenvalue weighted by Crippen LogP contribution is -2.40. The van der Waals surface area contributed by atoms with Gasteiger partial charge in [0.1, 0.15) is 0 Å². The Morgan fingerprint density at radius 2 is 1.43 bits per heavy atom. The molecule has 0 aliphatic rings. The van der Waals surface area contributed by atoms with Crippen LogP contribution in [0.2, 0.25) is 0 Å². The van der Waals surface area contributed by atoms with E-state index in [1.54, 1.807) is 0 Å². The first-order chi connectivity index (χ1) is 6.17. The SMILES string of the molecule is CC(C)OCCOC(C)(C)C(C)(C)C. The fraction of sp³-hybridized carbons (Fsp3) is 1.00. The zero-order valence-electron chi connectivity index (χ0n) is 10.8. The molecule has 0 saturated heterocycles. The van der Waals surface area contributed by atoms with Gasteiger partial charge in [-0.05, 0) is 33.1 Å². The molecule has 0 rings (SSSR count). The van der Waals surface area contributed by atoms with Crippen LogP contribution < -0.4 is 0 Å². The Hall–Kier alpha value is -0.0800. The summed E-state index contributed by atoms with van der Waals surface area (Å²) in [5, 5.41) is 0. The fourth-order valence-electron chi connectivity index (χ4n) is 0.797. The third-order valence-electron chi connectivity index (χ3n) is 2.80. The van der Waals surface area contributed by atoms with E-state index in [4.69, 9.17) is 9.47 Å². The summed E-state index contributed by atoms with van der Waals surface area (Å²) in [5.74, 6) is 0. The maximum absolute atomic E-state index is 5.82. The van der Waals surface area contributed by atoms with Crippen LogP contribution in [0.25, 0.3) is 0 Å². The zero-order chi connectivity index (χ0) is 11.4. The lowest BCUT2D eigenvalue weighted by atomic mass is 9.79. The summed E-state index contributed by atoms with van der Waals surface area (Å²) in [5.41, 5.74) is 0.0537. The van der Waals surface area contributed by atoms with Crippen molar-refractivity contribution in [2.75, 3.05) is 13.2 Å². The van der Waals surface area contributed by atoms with Gasteiger partial charge in [-0.3, -0.25) is 0 Å². The van der Waals surface area contributed by atoms with E-state index in [1.165, 1.54) is 0 Å². The van der Waals surface area contributed by atoms with Gasteiger partial charge in [-0.2, -0.15) is 0 Å². The second-order valence-electron chi connectivity index (χ2n) is 5.53. The Morgan fingerprint density at radius 3 is 1.79 bits per heavy atom. The summed E-state index contributed by atoms with van der Waals surface area (Å²) < 4.78 is 11.2. The average molecular weight is 202 g/mol. The van der Waals surface area contributed by atoms with Crippen molar-refractivity contribution < 1.29 is 9.47 Å². The third-order valence-corrected chi connectivity index (χ3v) is 2.80. The van der Waals surface area contributed by atoms with Gasteiger partial charge in [0, 0.05) is 0 Å². The normalized spacial score (nSPS) is 13.7. The molecule has 0 aromatic rings. The highest BCUT2D eigenvalue weighted by atomic mass is 16.5. The topological polar surface area (TPSA) is 18.5 Å². The van der Waals surface area contributed by atoms with E-state index in [9.17, 15) is 0 Å². The van der Waals surface area contributed by atoms with Crippen LogP contribution in [0.3, 0.4) is 0 Å². The molecule has 0 aromatic heterocycles. The molecule has 0 unspecified atom stereocenters. The number of hydrogen-bond donors (Lipinski definition) is 0. The monoisotopic (exact) mass is 202 g/mol. The van der Waals surface area contributed by atoms with E-state index in [1.807, 2.05) is 13.8 Å². The second-order valence-corrected chi connectivity index (χ2v) is 5.53. The van der Waals surface area contributed by atoms with Crippen molar-refractivity contribution in [2.45, 2.75) is 60.2 Å². The highest BCUT2D eigenvalue weighted by molar-refractivity contribution is 4.83. The van der Waals surface area contributed by atoms with Crippen LogP contribution in [0.4, 0.5) is 0 Å². The van der Waals surface area contributed by atoms with E-state index in [0.29, 0.717) is 13.2 Å². The van der Waals surface area contributed by atoms with Crippen LogP contribution in [-0.2, 0) is 9.47 Å². The van der Waals surface area contributed by atoms with Crippen molar-refractivity contribution >= 4 is 0 Å². The van der Waals surface area contributed by atoms with E-state index in [-0.39, 0.29) is 17.1 Å².